The standard InChI is InChI=1S/C38H33OP3/c39-42(36-27-15-5-16-28-36,37-29-17-6-18-30-37)38(41(34-23-11-3-12-24-34)35-25-13-4-14-26-35)31-40(32-19-7-1-8-20-32)33-21-9-2-10-22-33/h1-30,38H,31H2/t38-/m1/s1. The molecule has 0 bridgehead atoms. The van der Waals surface area contributed by atoms with E-state index >= 15 is 4.57 Å². The van der Waals surface area contributed by atoms with E-state index in [0.717, 1.165) is 16.8 Å². The van der Waals surface area contributed by atoms with Crippen LogP contribution in [-0.4, -0.2) is 11.6 Å². The van der Waals surface area contributed by atoms with Crippen LogP contribution in [0.2, 0.25) is 0 Å². The predicted octanol–water partition coefficient (Wildman–Crippen LogP) is 7.59. The van der Waals surface area contributed by atoms with Gasteiger partial charge >= 0.3 is 0 Å². The first-order chi connectivity index (χ1) is 20.7. The second-order valence-corrected chi connectivity index (χ2v) is 18.2. The van der Waals surface area contributed by atoms with Crippen molar-refractivity contribution in [2.24, 2.45) is 0 Å². The second-order valence-electron chi connectivity index (χ2n) is 10.1. The molecule has 1 atom stereocenters. The van der Waals surface area contributed by atoms with Gasteiger partial charge in [0, 0.05) is 10.6 Å². The van der Waals surface area contributed by atoms with Gasteiger partial charge in [-0.3, -0.25) is 0 Å². The Labute approximate surface area is 252 Å². The van der Waals surface area contributed by atoms with Crippen molar-refractivity contribution in [3.05, 3.63) is 182 Å². The van der Waals surface area contributed by atoms with Crippen molar-refractivity contribution in [2.45, 2.75) is 5.40 Å². The maximum atomic E-state index is 16.3. The third-order valence-corrected chi connectivity index (χ3v) is 18.0. The van der Waals surface area contributed by atoms with E-state index in [-0.39, 0.29) is 5.40 Å². The average Bonchev–Trinajstić information content (AvgIpc) is 3.08. The molecule has 0 amide bonds. The van der Waals surface area contributed by atoms with Gasteiger partial charge in [0.15, 0.2) is 7.14 Å². The smallest absolute Gasteiger partial charge is 0.151 e. The molecule has 0 fully saturated rings. The molecular weight excluding hydrogens is 565 g/mol. The van der Waals surface area contributed by atoms with Crippen LogP contribution in [0.1, 0.15) is 0 Å². The molecule has 0 unspecified atom stereocenters. The molecule has 1 nitrogen and oxygen atoms in total. The summed E-state index contributed by atoms with van der Waals surface area (Å²) in [6.45, 7) is 0. The SMILES string of the molecule is O=P(c1ccccc1)(c1ccccc1)[C@H](CP(c1ccccc1)c1ccccc1)P(c1ccccc1)c1ccccc1. The van der Waals surface area contributed by atoms with Gasteiger partial charge in [0.25, 0.3) is 0 Å². The molecule has 206 valence electrons. The van der Waals surface area contributed by atoms with E-state index in [9.17, 15) is 0 Å². The molecule has 0 spiro atoms. The average molecular weight is 599 g/mol. The van der Waals surface area contributed by atoms with Crippen LogP contribution in [0.15, 0.2) is 182 Å². The summed E-state index contributed by atoms with van der Waals surface area (Å²) < 4.78 is 16.3. The molecular formula is C38H33OP3. The van der Waals surface area contributed by atoms with Gasteiger partial charge in [-0.1, -0.05) is 182 Å². The largest absolute Gasteiger partial charge is 0.313 e. The van der Waals surface area contributed by atoms with Gasteiger partial charge in [-0.05, 0) is 43.2 Å². The van der Waals surface area contributed by atoms with Crippen LogP contribution in [0.3, 0.4) is 0 Å². The topological polar surface area (TPSA) is 17.1 Å². The van der Waals surface area contributed by atoms with Crippen LogP contribution in [0, 0.1) is 0 Å². The fourth-order valence-electron chi connectivity index (χ4n) is 5.56. The van der Waals surface area contributed by atoms with Gasteiger partial charge in [-0.2, -0.15) is 0 Å². The van der Waals surface area contributed by atoms with Crippen LogP contribution in [0.4, 0.5) is 0 Å². The number of hydrogen-bond donors (Lipinski definition) is 0. The summed E-state index contributed by atoms with van der Waals surface area (Å²) in [6.07, 6.45) is 0.805. The first kappa shape index (κ1) is 28.5. The molecule has 0 heterocycles. The van der Waals surface area contributed by atoms with E-state index in [1.807, 2.05) is 36.4 Å². The summed E-state index contributed by atoms with van der Waals surface area (Å²) in [5, 5.41) is 6.86. The Morgan fingerprint density at radius 3 is 1.02 bits per heavy atom. The van der Waals surface area contributed by atoms with Crippen LogP contribution in [0.5, 0.6) is 0 Å². The quantitative estimate of drug-likeness (QED) is 0.149. The van der Waals surface area contributed by atoms with Crippen LogP contribution in [0.25, 0.3) is 0 Å². The molecule has 42 heavy (non-hydrogen) atoms. The molecule has 6 rings (SSSR count). The molecule has 0 aromatic heterocycles. The number of benzene rings is 6. The molecule has 0 aliphatic heterocycles. The molecule has 0 aliphatic rings. The zero-order valence-corrected chi connectivity index (χ0v) is 26.0. The molecule has 6 aromatic carbocycles. The summed E-state index contributed by atoms with van der Waals surface area (Å²) >= 11 is 0. The fourth-order valence-corrected chi connectivity index (χ4v) is 17.3. The summed E-state index contributed by atoms with van der Waals surface area (Å²) in [6, 6.07) is 63.8. The lowest BCUT2D eigenvalue weighted by Gasteiger charge is -2.38. The summed E-state index contributed by atoms with van der Waals surface area (Å²) in [5.74, 6) is 0. The Hall–Kier alpha value is -3.59. The van der Waals surface area contributed by atoms with Crippen LogP contribution < -0.4 is 31.8 Å². The maximum absolute atomic E-state index is 16.3. The highest BCUT2D eigenvalue weighted by atomic mass is 31.2. The van der Waals surface area contributed by atoms with E-state index in [4.69, 9.17) is 0 Å². The van der Waals surface area contributed by atoms with Gasteiger partial charge in [0.05, 0.1) is 5.40 Å². The molecule has 0 saturated heterocycles. The van der Waals surface area contributed by atoms with Crippen molar-refractivity contribution < 1.29 is 4.57 Å². The predicted molar refractivity (Wildman–Crippen MR) is 187 cm³/mol. The molecule has 4 heteroatoms. The maximum Gasteiger partial charge on any atom is 0.151 e. The monoisotopic (exact) mass is 598 g/mol. The Morgan fingerprint density at radius 2 is 0.690 bits per heavy atom. The van der Waals surface area contributed by atoms with Crippen LogP contribution in [-0.2, 0) is 4.57 Å². The van der Waals surface area contributed by atoms with Crippen molar-refractivity contribution >= 4 is 54.8 Å². The Balaban J connectivity index is 1.64. The third-order valence-electron chi connectivity index (χ3n) is 7.55. The zero-order valence-electron chi connectivity index (χ0n) is 23.4. The molecule has 0 aliphatic carbocycles. The highest BCUT2D eigenvalue weighted by molar-refractivity contribution is 7.93. The van der Waals surface area contributed by atoms with Gasteiger partial charge in [0.1, 0.15) is 0 Å². The summed E-state index contributed by atoms with van der Waals surface area (Å²) in [5.41, 5.74) is 0. The van der Waals surface area contributed by atoms with Crippen molar-refractivity contribution in [3.63, 3.8) is 0 Å². The van der Waals surface area contributed by atoms with E-state index in [1.165, 1.54) is 21.2 Å². The molecule has 6 aromatic rings. The third kappa shape index (κ3) is 6.11. The van der Waals surface area contributed by atoms with Crippen molar-refractivity contribution in [3.8, 4) is 0 Å². The Bertz CT molecular complexity index is 1590. The first-order valence-corrected chi connectivity index (χ1v) is 18.9. The lowest BCUT2D eigenvalue weighted by Crippen LogP contribution is -2.34. The minimum atomic E-state index is -3.17. The normalized spacial score (nSPS) is 12.3. The van der Waals surface area contributed by atoms with Crippen LogP contribution >= 0.6 is 23.0 Å². The summed E-state index contributed by atoms with van der Waals surface area (Å²) in [7, 11) is -4.99. The van der Waals surface area contributed by atoms with Gasteiger partial charge in [0.2, 0.25) is 0 Å². The van der Waals surface area contributed by atoms with Gasteiger partial charge in [-0.25, -0.2) is 0 Å². The highest BCUT2D eigenvalue weighted by Crippen LogP contribution is 2.64. The zero-order chi connectivity index (χ0) is 28.6. The van der Waals surface area contributed by atoms with Gasteiger partial charge in [-0.15, -0.1) is 0 Å². The minimum Gasteiger partial charge on any atom is -0.313 e. The summed E-state index contributed by atoms with van der Waals surface area (Å²) in [4.78, 5) is 0. The van der Waals surface area contributed by atoms with Crippen molar-refractivity contribution in [2.75, 3.05) is 6.16 Å². The highest BCUT2D eigenvalue weighted by Gasteiger charge is 2.44. The fraction of sp³-hybridized carbons (Fsp3) is 0.0526. The molecule has 0 saturated carbocycles. The lowest BCUT2D eigenvalue weighted by molar-refractivity contribution is 0.586. The molecule has 0 radical (unpaired) electrons. The Kier molecular flexibility index (Phi) is 9.23. The van der Waals surface area contributed by atoms with Crippen molar-refractivity contribution in [1.29, 1.82) is 0 Å². The Morgan fingerprint density at radius 1 is 0.405 bits per heavy atom. The second kappa shape index (κ2) is 13.6. The number of rotatable bonds is 10. The van der Waals surface area contributed by atoms with Gasteiger partial charge < -0.3 is 4.57 Å². The van der Waals surface area contributed by atoms with E-state index in [1.54, 1.807) is 0 Å². The molecule has 0 N–H and O–H groups in total. The van der Waals surface area contributed by atoms with E-state index in [2.05, 4.69) is 146 Å². The van der Waals surface area contributed by atoms with Crippen molar-refractivity contribution in [1.82, 2.24) is 0 Å². The first-order valence-electron chi connectivity index (χ1n) is 14.2. The van der Waals surface area contributed by atoms with E-state index in [0.29, 0.717) is 0 Å². The van der Waals surface area contributed by atoms with E-state index < -0.39 is 23.0 Å². The number of hydrogen-bond acceptors (Lipinski definition) is 1. The lowest BCUT2D eigenvalue weighted by atomic mass is 10.4. The minimum absolute atomic E-state index is 0.131.